The molecule has 5 rings (SSSR count). The van der Waals surface area contributed by atoms with Crippen molar-refractivity contribution in [2.24, 2.45) is 0 Å². The van der Waals surface area contributed by atoms with Gasteiger partial charge in [-0.3, -0.25) is 0 Å². The van der Waals surface area contributed by atoms with Crippen LogP contribution in [0.25, 0.3) is 43.9 Å². The summed E-state index contributed by atoms with van der Waals surface area (Å²) < 4.78 is 5.90. The number of hydrogen-bond acceptors (Lipinski definition) is 1. The van der Waals surface area contributed by atoms with E-state index < -0.39 is 0 Å². The molecule has 1 N–H and O–H groups in total. The number of rotatable bonds is 1. The smallest absolute Gasteiger partial charge is 0.133 e. The maximum atomic E-state index is 5.90. The van der Waals surface area contributed by atoms with Gasteiger partial charge >= 0.3 is 0 Å². The number of aromatic nitrogens is 1. The van der Waals surface area contributed by atoms with Crippen LogP contribution in [-0.2, 0) is 0 Å². The standard InChI is InChI=1S/C24H17NO/c1-2-6-17(7-3-1)18-11-13-24-19(16-18)10-12-21-20-8-4-5-9-22(20)25-23(21)14-15-26-24/h1-16,25H. The molecule has 0 saturated heterocycles. The molecular weight excluding hydrogens is 318 g/mol. The molecule has 0 atom stereocenters. The third-order valence-electron chi connectivity index (χ3n) is 4.75. The second-order valence-electron chi connectivity index (χ2n) is 6.37. The normalized spacial score (nSPS) is 11.1. The molecule has 0 saturated carbocycles. The molecule has 0 radical (unpaired) electrons. The van der Waals surface area contributed by atoms with Gasteiger partial charge < -0.3 is 9.40 Å². The number of aromatic amines is 1. The number of H-pyrrole nitrogens is 1. The Balaban J connectivity index is 1.80. The van der Waals surface area contributed by atoms with Gasteiger partial charge in [0.2, 0.25) is 0 Å². The Bertz CT molecular complexity index is 1280. The Kier molecular flexibility index (Phi) is 3.46. The van der Waals surface area contributed by atoms with E-state index in [0.717, 1.165) is 22.0 Å². The molecule has 2 heteroatoms. The van der Waals surface area contributed by atoms with Crippen LogP contribution in [0, 0.1) is 0 Å². The van der Waals surface area contributed by atoms with Crippen molar-refractivity contribution in [1.82, 2.24) is 4.98 Å². The van der Waals surface area contributed by atoms with Crippen LogP contribution in [-0.4, -0.2) is 4.98 Å². The van der Waals surface area contributed by atoms with E-state index in [4.69, 9.17) is 4.42 Å². The van der Waals surface area contributed by atoms with Crippen molar-refractivity contribution < 1.29 is 4.42 Å². The van der Waals surface area contributed by atoms with Crippen LogP contribution in [0.5, 0.6) is 0 Å². The molecule has 2 heterocycles. The summed E-state index contributed by atoms with van der Waals surface area (Å²) in [5.74, 6) is 0. The highest BCUT2D eigenvalue weighted by atomic mass is 16.3. The van der Waals surface area contributed by atoms with E-state index in [2.05, 4.69) is 71.7 Å². The van der Waals surface area contributed by atoms with Crippen LogP contribution in [0.3, 0.4) is 0 Å². The summed E-state index contributed by atoms with van der Waals surface area (Å²) in [6.45, 7) is 0. The zero-order valence-corrected chi connectivity index (χ0v) is 14.1. The van der Waals surface area contributed by atoms with E-state index >= 15 is 0 Å². The minimum absolute atomic E-state index is 0.853. The third kappa shape index (κ3) is 2.52. The molecule has 0 aliphatic carbocycles. The fourth-order valence-electron chi connectivity index (χ4n) is 3.44. The highest BCUT2D eigenvalue weighted by Gasteiger charge is 2.02. The average molecular weight is 335 g/mol. The summed E-state index contributed by atoms with van der Waals surface area (Å²) in [6.07, 6.45) is 1.75. The van der Waals surface area contributed by atoms with Crippen molar-refractivity contribution in [2.45, 2.75) is 0 Å². The monoisotopic (exact) mass is 335 g/mol. The van der Waals surface area contributed by atoms with Crippen LogP contribution in [0.2, 0.25) is 0 Å². The number of nitrogens with one attached hydrogen (secondary N) is 1. The van der Waals surface area contributed by atoms with Crippen molar-refractivity contribution in [1.29, 1.82) is 0 Å². The topological polar surface area (TPSA) is 28.9 Å². The molecule has 0 bridgehead atoms. The third-order valence-corrected chi connectivity index (χ3v) is 4.75. The number of para-hydroxylation sites is 1. The lowest BCUT2D eigenvalue weighted by Gasteiger charge is -2.02. The molecule has 5 aromatic rings. The molecule has 124 valence electrons. The van der Waals surface area contributed by atoms with Crippen LogP contribution in [0.15, 0.2) is 102 Å². The molecule has 0 spiro atoms. The quantitative estimate of drug-likeness (QED) is 0.356. The van der Waals surface area contributed by atoms with Gasteiger partial charge in [0.25, 0.3) is 0 Å². The summed E-state index contributed by atoms with van der Waals surface area (Å²) >= 11 is 0. The first-order valence-corrected chi connectivity index (χ1v) is 8.70. The average Bonchev–Trinajstić information content (AvgIpc) is 3.07. The van der Waals surface area contributed by atoms with E-state index in [1.807, 2.05) is 24.3 Å². The van der Waals surface area contributed by atoms with Crippen molar-refractivity contribution in [3.05, 3.63) is 97.3 Å². The van der Waals surface area contributed by atoms with E-state index in [1.54, 1.807) is 6.26 Å². The molecule has 0 fully saturated rings. The Morgan fingerprint density at radius 3 is 2.27 bits per heavy atom. The fraction of sp³-hybridized carbons (Fsp3) is 0. The van der Waals surface area contributed by atoms with Gasteiger partial charge in [-0.2, -0.15) is 0 Å². The summed E-state index contributed by atoms with van der Waals surface area (Å²) in [6, 6.07) is 31.3. The lowest BCUT2D eigenvalue weighted by atomic mass is 10.0. The number of hydrogen-bond donors (Lipinski definition) is 1. The second kappa shape index (κ2) is 6.08. The minimum Gasteiger partial charge on any atom is -0.464 e. The Hall–Kier alpha value is -3.52. The van der Waals surface area contributed by atoms with E-state index in [0.29, 0.717) is 0 Å². The molecule has 0 amide bonds. The van der Waals surface area contributed by atoms with Gasteiger partial charge in [0.05, 0.1) is 6.26 Å². The molecule has 3 aromatic carbocycles. The van der Waals surface area contributed by atoms with E-state index in [9.17, 15) is 0 Å². The maximum Gasteiger partial charge on any atom is 0.133 e. The predicted molar refractivity (Wildman–Crippen MR) is 109 cm³/mol. The fourth-order valence-corrected chi connectivity index (χ4v) is 3.44. The van der Waals surface area contributed by atoms with Gasteiger partial charge in [-0.15, -0.1) is 0 Å². The van der Waals surface area contributed by atoms with Gasteiger partial charge in [-0.25, -0.2) is 0 Å². The second-order valence-corrected chi connectivity index (χ2v) is 6.37. The molecule has 2 aromatic heterocycles. The van der Waals surface area contributed by atoms with Gasteiger partial charge in [0.15, 0.2) is 0 Å². The highest BCUT2D eigenvalue weighted by molar-refractivity contribution is 6.06. The first-order chi connectivity index (χ1) is 12.9. The van der Waals surface area contributed by atoms with Crippen molar-refractivity contribution in [3.63, 3.8) is 0 Å². The predicted octanol–water partition coefficient (Wildman–Crippen LogP) is 6.86. The summed E-state index contributed by atoms with van der Waals surface area (Å²) in [4.78, 5) is 3.46. The first-order valence-electron chi connectivity index (χ1n) is 8.70. The zero-order valence-electron chi connectivity index (χ0n) is 14.1. The number of benzene rings is 3. The van der Waals surface area contributed by atoms with Gasteiger partial charge in [0, 0.05) is 27.2 Å². The lowest BCUT2D eigenvalue weighted by molar-refractivity contribution is 0.607. The Morgan fingerprint density at radius 2 is 1.35 bits per heavy atom. The van der Waals surface area contributed by atoms with Gasteiger partial charge in [0.1, 0.15) is 5.58 Å². The molecule has 0 unspecified atom stereocenters. The Labute approximate surface area is 151 Å². The summed E-state index contributed by atoms with van der Waals surface area (Å²) in [5.41, 5.74) is 5.42. The zero-order chi connectivity index (χ0) is 17.3. The largest absolute Gasteiger partial charge is 0.464 e. The van der Waals surface area contributed by atoms with Gasteiger partial charge in [-0.05, 0) is 35.4 Å². The van der Waals surface area contributed by atoms with E-state index in [-0.39, 0.29) is 0 Å². The van der Waals surface area contributed by atoms with E-state index in [1.165, 1.54) is 21.9 Å². The first kappa shape index (κ1) is 14.8. The van der Waals surface area contributed by atoms with Gasteiger partial charge in [-0.1, -0.05) is 66.7 Å². The van der Waals surface area contributed by atoms with Crippen LogP contribution >= 0.6 is 0 Å². The molecular formula is C24H17NO. The van der Waals surface area contributed by atoms with Crippen LogP contribution < -0.4 is 0 Å². The number of fused-ring (bicyclic) bond motifs is 4. The molecule has 0 aliphatic rings. The molecule has 2 nitrogen and oxygen atoms in total. The summed E-state index contributed by atoms with van der Waals surface area (Å²) in [5, 5.41) is 3.46. The lowest BCUT2D eigenvalue weighted by Crippen LogP contribution is -1.77. The van der Waals surface area contributed by atoms with Crippen LogP contribution in [0.1, 0.15) is 0 Å². The SMILES string of the molecule is c1ccc(-c2ccc3occc4[nH]c5ccccc5c4ccc3c2)cc1. The molecule has 0 aliphatic heterocycles. The summed E-state index contributed by atoms with van der Waals surface area (Å²) in [7, 11) is 0. The minimum atomic E-state index is 0.853. The Morgan fingerprint density at radius 1 is 0.577 bits per heavy atom. The van der Waals surface area contributed by atoms with Crippen molar-refractivity contribution in [2.75, 3.05) is 0 Å². The highest BCUT2D eigenvalue weighted by Crippen LogP contribution is 2.26. The van der Waals surface area contributed by atoms with Crippen LogP contribution in [0.4, 0.5) is 0 Å². The van der Waals surface area contributed by atoms with Crippen molar-refractivity contribution >= 4 is 32.8 Å². The van der Waals surface area contributed by atoms with Crippen molar-refractivity contribution in [3.8, 4) is 11.1 Å². The molecule has 26 heavy (non-hydrogen) atoms. The maximum absolute atomic E-state index is 5.90.